The second-order valence-electron chi connectivity index (χ2n) is 4.08. The summed E-state index contributed by atoms with van der Waals surface area (Å²) < 4.78 is 5.35. The number of aromatic hydroxyl groups is 3. The number of hydrogen-bond acceptors (Lipinski definition) is 5. The Labute approximate surface area is 132 Å². The predicted molar refractivity (Wildman–Crippen MR) is 82.5 cm³/mol. The number of phenols is 3. The fourth-order valence-corrected chi connectivity index (χ4v) is 1.79. The molecule has 0 amide bonds. The van der Waals surface area contributed by atoms with Crippen LogP contribution in [0, 0.1) is 5.41 Å². The molecule has 2 aromatic carbocycles. The maximum atomic E-state index is 9.64. The topological polar surface area (TPSA) is 93.8 Å². The number of phenolic OH excluding ortho intramolecular Hbond substituents is 3. The molecule has 5 nitrogen and oxygen atoms in total. The summed E-state index contributed by atoms with van der Waals surface area (Å²) in [4.78, 5) is 0. The van der Waals surface area contributed by atoms with Gasteiger partial charge in [-0.1, -0.05) is 11.6 Å². The molecule has 4 N–H and O–H groups in total. The van der Waals surface area contributed by atoms with Crippen molar-refractivity contribution in [3.63, 3.8) is 0 Å². The predicted octanol–water partition coefficient (Wildman–Crippen LogP) is 3.33. The number of halogens is 2. The Bertz CT molecular complexity index is 621. The van der Waals surface area contributed by atoms with E-state index in [1.807, 2.05) is 0 Å². The quantitative estimate of drug-likeness (QED) is 0.647. The first-order chi connectivity index (χ1) is 9.47. The van der Waals surface area contributed by atoms with Crippen molar-refractivity contribution in [2.75, 3.05) is 6.61 Å². The van der Waals surface area contributed by atoms with Crippen molar-refractivity contribution < 1.29 is 20.1 Å². The molecule has 0 aliphatic heterocycles. The molecular formula is C14H13Cl2NO4. The van der Waals surface area contributed by atoms with Crippen LogP contribution in [0.25, 0.3) is 0 Å². The summed E-state index contributed by atoms with van der Waals surface area (Å²) in [5.74, 6) is -0.536. The fraction of sp³-hybridized carbons (Fsp3) is 0.0714. The molecule has 0 heterocycles. The van der Waals surface area contributed by atoms with Crippen LogP contribution in [-0.2, 0) is 0 Å². The summed E-state index contributed by atoms with van der Waals surface area (Å²) in [6.07, 6.45) is 0. The van der Waals surface area contributed by atoms with Crippen LogP contribution >= 0.6 is 24.0 Å². The van der Waals surface area contributed by atoms with Crippen LogP contribution in [0.3, 0.4) is 0 Å². The molecule has 0 aromatic heterocycles. The first-order valence-corrected chi connectivity index (χ1v) is 6.06. The molecule has 2 rings (SSSR count). The lowest BCUT2D eigenvalue weighted by atomic mass is 10.1. The van der Waals surface area contributed by atoms with Crippen molar-refractivity contribution in [1.29, 1.82) is 5.41 Å². The van der Waals surface area contributed by atoms with E-state index in [1.54, 1.807) is 24.3 Å². The smallest absolute Gasteiger partial charge is 0.132 e. The highest BCUT2D eigenvalue weighted by Gasteiger charge is 2.15. The highest BCUT2D eigenvalue weighted by Crippen LogP contribution is 2.32. The van der Waals surface area contributed by atoms with Crippen LogP contribution in [0.5, 0.6) is 23.0 Å². The standard InChI is InChI=1S/C14H12ClNO4.ClH/c15-8-1-3-10(4-2-8)20-7-11(16)14-12(18)5-9(17)6-13(14)19;/h1-6,16-19H,7H2;1H. The van der Waals surface area contributed by atoms with E-state index >= 15 is 0 Å². The molecule has 0 bridgehead atoms. The van der Waals surface area contributed by atoms with Crippen LogP contribution in [0.2, 0.25) is 5.02 Å². The van der Waals surface area contributed by atoms with Gasteiger partial charge in [0.2, 0.25) is 0 Å². The largest absolute Gasteiger partial charge is 0.508 e. The van der Waals surface area contributed by atoms with E-state index in [-0.39, 0.29) is 47.5 Å². The number of nitrogens with one attached hydrogen (secondary N) is 1. The number of ether oxygens (including phenoxy) is 1. The van der Waals surface area contributed by atoms with Gasteiger partial charge in [-0.2, -0.15) is 0 Å². The Morgan fingerprint density at radius 1 is 1.05 bits per heavy atom. The van der Waals surface area contributed by atoms with Gasteiger partial charge in [-0.25, -0.2) is 0 Å². The van der Waals surface area contributed by atoms with E-state index in [2.05, 4.69) is 0 Å². The van der Waals surface area contributed by atoms with Crippen LogP contribution < -0.4 is 4.74 Å². The lowest BCUT2D eigenvalue weighted by molar-refractivity contribution is 0.373. The lowest BCUT2D eigenvalue weighted by Crippen LogP contribution is -2.12. The van der Waals surface area contributed by atoms with Gasteiger partial charge >= 0.3 is 0 Å². The number of hydrogen-bond donors (Lipinski definition) is 4. The molecule has 0 radical (unpaired) electrons. The normalized spacial score (nSPS) is 9.76. The van der Waals surface area contributed by atoms with E-state index in [4.69, 9.17) is 21.7 Å². The van der Waals surface area contributed by atoms with Gasteiger partial charge in [0.05, 0.1) is 11.3 Å². The summed E-state index contributed by atoms with van der Waals surface area (Å²) in [5, 5.41) is 36.9. The van der Waals surface area contributed by atoms with E-state index in [9.17, 15) is 15.3 Å². The van der Waals surface area contributed by atoms with Crippen LogP contribution in [0.15, 0.2) is 36.4 Å². The van der Waals surface area contributed by atoms with E-state index in [1.165, 1.54) is 0 Å². The highest BCUT2D eigenvalue weighted by atomic mass is 35.5. The van der Waals surface area contributed by atoms with Crippen LogP contribution in [-0.4, -0.2) is 27.6 Å². The minimum absolute atomic E-state index is 0. The van der Waals surface area contributed by atoms with E-state index < -0.39 is 0 Å². The Hall–Kier alpha value is -2.11. The van der Waals surface area contributed by atoms with Gasteiger partial charge in [-0.05, 0) is 24.3 Å². The third-order valence-electron chi connectivity index (χ3n) is 2.58. The Balaban J connectivity index is 0.00000220. The van der Waals surface area contributed by atoms with Crippen molar-refractivity contribution in [3.05, 3.63) is 47.0 Å². The Morgan fingerprint density at radius 2 is 1.57 bits per heavy atom. The maximum Gasteiger partial charge on any atom is 0.132 e. The first kappa shape index (κ1) is 16.9. The minimum atomic E-state index is -0.382. The first-order valence-electron chi connectivity index (χ1n) is 5.68. The van der Waals surface area contributed by atoms with Crippen molar-refractivity contribution >= 4 is 29.7 Å². The molecule has 0 atom stereocenters. The SMILES string of the molecule is Cl.N=C(COc1ccc(Cl)cc1)c1c(O)cc(O)cc1O. The van der Waals surface area contributed by atoms with Gasteiger partial charge in [0.15, 0.2) is 0 Å². The zero-order valence-electron chi connectivity index (χ0n) is 10.7. The zero-order valence-corrected chi connectivity index (χ0v) is 12.3. The molecule has 2 aromatic rings. The van der Waals surface area contributed by atoms with Gasteiger partial charge in [-0.15, -0.1) is 12.4 Å². The van der Waals surface area contributed by atoms with Crippen molar-refractivity contribution in [3.8, 4) is 23.0 Å². The van der Waals surface area contributed by atoms with Gasteiger partial charge in [0.25, 0.3) is 0 Å². The average molecular weight is 330 g/mol. The van der Waals surface area contributed by atoms with Gasteiger partial charge in [0, 0.05) is 17.2 Å². The molecule has 0 spiro atoms. The third kappa shape index (κ3) is 4.18. The molecule has 0 aliphatic carbocycles. The monoisotopic (exact) mass is 329 g/mol. The molecule has 0 aliphatic rings. The molecule has 0 unspecified atom stereocenters. The number of rotatable bonds is 4. The van der Waals surface area contributed by atoms with Gasteiger partial charge in [0.1, 0.15) is 29.6 Å². The second kappa shape index (κ2) is 7.06. The molecule has 0 saturated carbocycles. The average Bonchev–Trinajstić information content (AvgIpc) is 2.37. The van der Waals surface area contributed by atoms with Crippen molar-refractivity contribution in [2.45, 2.75) is 0 Å². The molecular weight excluding hydrogens is 317 g/mol. The minimum Gasteiger partial charge on any atom is -0.508 e. The van der Waals surface area contributed by atoms with Gasteiger partial charge in [-0.3, -0.25) is 0 Å². The summed E-state index contributed by atoms with van der Waals surface area (Å²) >= 11 is 5.74. The third-order valence-corrected chi connectivity index (χ3v) is 2.83. The van der Waals surface area contributed by atoms with E-state index in [0.29, 0.717) is 10.8 Å². The molecule has 112 valence electrons. The molecule has 0 fully saturated rings. The molecule has 0 saturated heterocycles. The second-order valence-corrected chi connectivity index (χ2v) is 4.52. The van der Waals surface area contributed by atoms with Crippen molar-refractivity contribution in [2.24, 2.45) is 0 Å². The molecule has 7 heteroatoms. The molecule has 21 heavy (non-hydrogen) atoms. The fourth-order valence-electron chi connectivity index (χ4n) is 1.67. The highest BCUT2D eigenvalue weighted by molar-refractivity contribution is 6.30. The summed E-state index contributed by atoms with van der Waals surface area (Å²) in [6, 6.07) is 8.68. The summed E-state index contributed by atoms with van der Waals surface area (Å²) in [5.41, 5.74) is -0.188. The van der Waals surface area contributed by atoms with Crippen LogP contribution in [0.1, 0.15) is 5.56 Å². The summed E-state index contributed by atoms with van der Waals surface area (Å²) in [7, 11) is 0. The van der Waals surface area contributed by atoms with Crippen molar-refractivity contribution in [1.82, 2.24) is 0 Å². The Morgan fingerprint density at radius 3 is 2.10 bits per heavy atom. The summed E-state index contributed by atoms with van der Waals surface area (Å²) in [6.45, 7) is -0.145. The maximum absolute atomic E-state index is 9.64. The Kier molecular flexibility index (Phi) is 5.69. The van der Waals surface area contributed by atoms with Crippen LogP contribution in [0.4, 0.5) is 0 Å². The van der Waals surface area contributed by atoms with E-state index in [0.717, 1.165) is 12.1 Å². The van der Waals surface area contributed by atoms with Gasteiger partial charge < -0.3 is 25.5 Å². The number of benzene rings is 2. The zero-order chi connectivity index (χ0) is 14.7. The lowest BCUT2D eigenvalue weighted by Gasteiger charge is -2.11.